The average Bonchev–Trinajstić information content (AvgIpc) is 2.93. The Balaban J connectivity index is 1.79. The normalized spacial score (nSPS) is 12.7. The maximum absolute atomic E-state index is 5.90. The molecule has 1 aliphatic rings. The Bertz CT molecular complexity index is 671. The minimum atomic E-state index is 0.465. The van der Waals surface area contributed by atoms with E-state index in [-0.39, 0.29) is 0 Å². The highest BCUT2D eigenvalue weighted by molar-refractivity contribution is 9.10. The molecule has 2 aromatic rings. The molecule has 0 amide bonds. The van der Waals surface area contributed by atoms with Crippen molar-refractivity contribution < 1.29 is 14.2 Å². The number of benzene rings is 2. The molecule has 0 aliphatic carbocycles. The second kappa shape index (κ2) is 6.28. The van der Waals surface area contributed by atoms with Crippen molar-refractivity contribution in [3.8, 4) is 17.2 Å². The molecule has 110 valence electrons. The van der Waals surface area contributed by atoms with Gasteiger partial charge < -0.3 is 14.2 Å². The highest BCUT2D eigenvalue weighted by atomic mass is 79.9. The third-order valence-corrected chi connectivity index (χ3v) is 4.43. The zero-order valence-electron chi connectivity index (χ0n) is 11.5. The smallest absolute Gasteiger partial charge is 0.134 e. The number of fused-ring (bicyclic) bond motifs is 1. The first-order valence-corrected chi connectivity index (χ1v) is 8.16. The van der Waals surface area contributed by atoms with E-state index >= 15 is 0 Å². The van der Waals surface area contributed by atoms with Gasteiger partial charge in [-0.1, -0.05) is 15.9 Å². The van der Waals surface area contributed by atoms with E-state index in [4.69, 9.17) is 14.2 Å². The Hall–Kier alpha value is -1.20. The number of hydrogen-bond donors (Lipinski definition) is 0. The van der Waals surface area contributed by atoms with Gasteiger partial charge in [0.15, 0.2) is 0 Å². The van der Waals surface area contributed by atoms with Crippen molar-refractivity contribution in [3.63, 3.8) is 0 Å². The lowest BCUT2D eigenvalue weighted by molar-refractivity contribution is 0.289. The maximum Gasteiger partial charge on any atom is 0.134 e. The zero-order chi connectivity index (χ0) is 14.8. The summed E-state index contributed by atoms with van der Waals surface area (Å²) in [6.07, 6.45) is 0.952. The summed E-state index contributed by atoms with van der Waals surface area (Å²) in [5, 5.41) is 0. The Kier molecular flexibility index (Phi) is 4.40. The topological polar surface area (TPSA) is 27.7 Å². The predicted molar refractivity (Wildman–Crippen MR) is 88.4 cm³/mol. The summed E-state index contributed by atoms with van der Waals surface area (Å²) < 4.78 is 18.7. The molecule has 0 spiro atoms. The fourth-order valence-corrected chi connectivity index (χ4v) is 3.36. The molecule has 3 rings (SSSR count). The van der Waals surface area contributed by atoms with Gasteiger partial charge in [-0.15, -0.1) is 0 Å². The van der Waals surface area contributed by atoms with Crippen molar-refractivity contribution in [1.82, 2.24) is 0 Å². The number of ether oxygens (including phenoxy) is 3. The van der Waals surface area contributed by atoms with Crippen LogP contribution in [0.25, 0.3) is 0 Å². The lowest BCUT2D eigenvalue weighted by atomic mass is 10.1. The molecule has 5 heteroatoms. The molecule has 0 saturated carbocycles. The Morgan fingerprint density at radius 1 is 1.19 bits per heavy atom. The molecule has 0 aromatic heterocycles. The van der Waals surface area contributed by atoms with Gasteiger partial charge in [0.05, 0.1) is 18.2 Å². The van der Waals surface area contributed by atoms with E-state index in [0.717, 1.165) is 44.8 Å². The molecule has 1 heterocycles. The van der Waals surface area contributed by atoms with Crippen molar-refractivity contribution in [2.24, 2.45) is 0 Å². The standard InChI is InChI=1S/C16H14Br2O3/c1-19-13-2-3-15(14(18)8-13)21-9-11-7-12(17)6-10-4-5-20-16(10)11/h2-3,6-8H,4-5,9H2,1H3. The van der Waals surface area contributed by atoms with Crippen molar-refractivity contribution in [1.29, 1.82) is 0 Å². The largest absolute Gasteiger partial charge is 0.497 e. The van der Waals surface area contributed by atoms with Crippen LogP contribution in [0.2, 0.25) is 0 Å². The van der Waals surface area contributed by atoms with E-state index in [1.54, 1.807) is 7.11 Å². The Morgan fingerprint density at radius 3 is 2.81 bits per heavy atom. The number of hydrogen-bond acceptors (Lipinski definition) is 3. The van der Waals surface area contributed by atoms with E-state index in [9.17, 15) is 0 Å². The van der Waals surface area contributed by atoms with Crippen LogP contribution in [0, 0.1) is 0 Å². The first kappa shape index (κ1) is 14.7. The van der Waals surface area contributed by atoms with Crippen LogP contribution in [-0.2, 0) is 13.0 Å². The van der Waals surface area contributed by atoms with E-state index in [0.29, 0.717) is 6.61 Å². The van der Waals surface area contributed by atoms with Crippen LogP contribution in [0.3, 0.4) is 0 Å². The van der Waals surface area contributed by atoms with E-state index < -0.39 is 0 Å². The van der Waals surface area contributed by atoms with Gasteiger partial charge in [-0.3, -0.25) is 0 Å². The summed E-state index contributed by atoms with van der Waals surface area (Å²) in [6, 6.07) is 9.80. The third-order valence-electron chi connectivity index (χ3n) is 3.35. The van der Waals surface area contributed by atoms with Crippen LogP contribution >= 0.6 is 31.9 Å². The molecular weight excluding hydrogens is 400 g/mol. The first-order valence-electron chi connectivity index (χ1n) is 6.58. The summed E-state index contributed by atoms with van der Waals surface area (Å²) in [6.45, 7) is 1.21. The van der Waals surface area contributed by atoms with Gasteiger partial charge >= 0.3 is 0 Å². The van der Waals surface area contributed by atoms with E-state index in [1.807, 2.05) is 24.3 Å². The monoisotopic (exact) mass is 412 g/mol. The van der Waals surface area contributed by atoms with Crippen molar-refractivity contribution in [3.05, 3.63) is 50.4 Å². The van der Waals surface area contributed by atoms with Gasteiger partial charge in [-0.05, 0) is 51.8 Å². The quantitative estimate of drug-likeness (QED) is 0.724. The van der Waals surface area contributed by atoms with Crippen LogP contribution < -0.4 is 14.2 Å². The van der Waals surface area contributed by atoms with Crippen LogP contribution in [0.1, 0.15) is 11.1 Å². The minimum Gasteiger partial charge on any atom is -0.497 e. The van der Waals surface area contributed by atoms with Gasteiger partial charge in [0.1, 0.15) is 23.9 Å². The maximum atomic E-state index is 5.90. The molecular formula is C16H14Br2O3. The summed E-state index contributed by atoms with van der Waals surface area (Å²) in [5.74, 6) is 2.53. The van der Waals surface area contributed by atoms with Gasteiger partial charge in [0.25, 0.3) is 0 Å². The SMILES string of the molecule is COc1ccc(OCc2cc(Br)cc3c2OCC3)c(Br)c1. The molecule has 1 aliphatic heterocycles. The van der Waals surface area contributed by atoms with Crippen LogP contribution in [0.15, 0.2) is 39.3 Å². The fraction of sp³-hybridized carbons (Fsp3) is 0.250. The average molecular weight is 414 g/mol. The molecule has 0 radical (unpaired) electrons. The Labute approximate surface area is 140 Å². The third kappa shape index (κ3) is 3.19. The molecule has 21 heavy (non-hydrogen) atoms. The molecule has 2 aromatic carbocycles. The lowest BCUT2D eigenvalue weighted by Gasteiger charge is -2.12. The highest BCUT2D eigenvalue weighted by Crippen LogP contribution is 2.35. The van der Waals surface area contributed by atoms with Gasteiger partial charge in [0, 0.05) is 16.5 Å². The molecule has 0 atom stereocenters. The van der Waals surface area contributed by atoms with E-state index in [2.05, 4.69) is 37.9 Å². The molecule has 3 nitrogen and oxygen atoms in total. The van der Waals surface area contributed by atoms with Gasteiger partial charge in [-0.2, -0.15) is 0 Å². The van der Waals surface area contributed by atoms with E-state index in [1.165, 1.54) is 5.56 Å². The molecule has 0 fully saturated rings. The lowest BCUT2D eigenvalue weighted by Crippen LogP contribution is -1.99. The predicted octanol–water partition coefficient (Wildman–Crippen LogP) is 4.73. The zero-order valence-corrected chi connectivity index (χ0v) is 14.7. The second-order valence-corrected chi connectivity index (χ2v) is 6.51. The molecule has 0 bridgehead atoms. The minimum absolute atomic E-state index is 0.465. The molecule has 0 saturated heterocycles. The first-order chi connectivity index (χ1) is 10.2. The van der Waals surface area contributed by atoms with Gasteiger partial charge in [-0.25, -0.2) is 0 Å². The summed E-state index contributed by atoms with van der Waals surface area (Å²) >= 11 is 7.03. The summed E-state index contributed by atoms with van der Waals surface area (Å²) in [4.78, 5) is 0. The Morgan fingerprint density at radius 2 is 2.05 bits per heavy atom. The second-order valence-electron chi connectivity index (χ2n) is 4.74. The summed E-state index contributed by atoms with van der Waals surface area (Å²) in [7, 11) is 1.64. The van der Waals surface area contributed by atoms with Crippen LogP contribution in [0.4, 0.5) is 0 Å². The molecule has 0 unspecified atom stereocenters. The summed E-state index contributed by atoms with van der Waals surface area (Å²) in [5.41, 5.74) is 2.29. The van der Waals surface area contributed by atoms with Crippen LogP contribution in [0.5, 0.6) is 17.2 Å². The van der Waals surface area contributed by atoms with Gasteiger partial charge in [0.2, 0.25) is 0 Å². The fourth-order valence-electron chi connectivity index (χ4n) is 2.33. The molecule has 0 N–H and O–H groups in total. The number of halogens is 2. The highest BCUT2D eigenvalue weighted by Gasteiger charge is 2.18. The van der Waals surface area contributed by atoms with Crippen molar-refractivity contribution in [2.75, 3.05) is 13.7 Å². The van der Waals surface area contributed by atoms with Crippen molar-refractivity contribution in [2.45, 2.75) is 13.0 Å². The van der Waals surface area contributed by atoms with Crippen LogP contribution in [-0.4, -0.2) is 13.7 Å². The number of rotatable bonds is 4. The van der Waals surface area contributed by atoms with Crippen molar-refractivity contribution >= 4 is 31.9 Å². The number of methoxy groups -OCH3 is 1.